The first-order valence-electron chi connectivity index (χ1n) is 4.59. The summed E-state index contributed by atoms with van der Waals surface area (Å²) in [4.78, 5) is 11.5. The maximum absolute atomic E-state index is 11.5. The van der Waals surface area contributed by atoms with E-state index < -0.39 is 0 Å². The Morgan fingerprint density at radius 3 is 2.86 bits per heavy atom. The zero-order valence-corrected chi connectivity index (χ0v) is 9.93. The fraction of sp³-hybridized carbons (Fsp3) is 0.364. The summed E-state index contributed by atoms with van der Waals surface area (Å²) in [5.41, 5.74) is 1.63. The lowest BCUT2D eigenvalue weighted by atomic mass is 10.1. The fourth-order valence-electron chi connectivity index (χ4n) is 1.08. The smallest absolute Gasteiger partial charge is 0.339 e. The molecule has 76 valence electrons. The molecule has 0 heterocycles. The van der Waals surface area contributed by atoms with E-state index in [2.05, 4.69) is 15.9 Å². The van der Waals surface area contributed by atoms with E-state index >= 15 is 0 Å². The summed E-state index contributed by atoms with van der Waals surface area (Å²) >= 11 is 3.37. The van der Waals surface area contributed by atoms with Gasteiger partial charge in [0.2, 0.25) is 0 Å². The van der Waals surface area contributed by atoms with Gasteiger partial charge in [-0.2, -0.15) is 0 Å². The van der Waals surface area contributed by atoms with Gasteiger partial charge in [-0.3, -0.25) is 0 Å². The Bertz CT molecular complexity index is 334. The van der Waals surface area contributed by atoms with E-state index in [0.717, 1.165) is 16.5 Å². The van der Waals surface area contributed by atoms with Crippen molar-refractivity contribution in [2.45, 2.75) is 20.3 Å². The van der Waals surface area contributed by atoms with Crippen molar-refractivity contribution in [3.8, 4) is 0 Å². The van der Waals surface area contributed by atoms with Gasteiger partial charge in [0.25, 0.3) is 0 Å². The van der Waals surface area contributed by atoms with Crippen LogP contribution in [0.25, 0.3) is 0 Å². The molecule has 1 aromatic rings. The molecule has 2 nitrogen and oxygen atoms in total. The largest absolute Gasteiger partial charge is 0.462 e. The molecule has 0 spiro atoms. The van der Waals surface area contributed by atoms with Crippen LogP contribution in [0.15, 0.2) is 22.7 Å². The highest BCUT2D eigenvalue weighted by atomic mass is 79.9. The third-order valence-corrected chi connectivity index (χ3v) is 2.90. The first kappa shape index (κ1) is 11.2. The number of hydrogen-bond donors (Lipinski definition) is 0. The van der Waals surface area contributed by atoms with Crippen molar-refractivity contribution in [2.75, 3.05) is 6.61 Å². The van der Waals surface area contributed by atoms with Crippen molar-refractivity contribution >= 4 is 21.9 Å². The standard InChI is InChI=1S/C11H13BrO2/c1-3-7-14-11(13)9-6-4-5-8(2)10(9)12/h4-6H,3,7H2,1-2H3. The van der Waals surface area contributed by atoms with Gasteiger partial charge in [-0.25, -0.2) is 4.79 Å². The number of benzene rings is 1. The Kier molecular flexibility index (Phi) is 4.14. The Labute approximate surface area is 92.4 Å². The molecular formula is C11H13BrO2. The SMILES string of the molecule is CCCOC(=O)c1cccc(C)c1Br. The van der Waals surface area contributed by atoms with Crippen molar-refractivity contribution in [3.63, 3.8) is 0 Å². The molecule has 14 heavy (non-hydrogen) atoms. The molecule has 0 saturated carbocycles. The second-order valence-electron chi connectivity index (χ2n) is 3.07. The molecule has 0 N–H and O–H groups in total. The van der Waals surface area contributed by atoms with Crippen molar-refractivity contribution in [1.82, 2.24) is 0 Å². The number of halogens is 1. The lowest BCUT2D eigenvalue weighted by molar-refractivity contribution is 0.0504. The highest BCUT2D eigenvalue weighted by molar-refractivity contribution is 9.10. The maximum atomic E-state index is 11.5. The fourth-order valence-corrected chi connectivity index (χ4v) is 1.50. The Morgan fingerprint density at radius 1 is 1.50 bits per heavy atom. The number of aryl methyl sites for hydroxylation is 1. The van der Waals surface area contributed by atoms with Gasteiger partial charge >= 0.3 is 5.97 Å². The van der Waals surface area contributed by atoms with Crippen molar-refractivity contribution in [3.05, 3.63) is 33.8 Å². The van der Waals surface area contributed by atoms with Crippen LogP contribution < -0.4 is 0 Å². The quantitative estimate of drug-likeness (QED) is 0.776. The van der Waals surface area contributed by atoms with Gasteiger partial charge in [-0.15, -0.1) is 0 Å². The first-order valence-corrected chi connectivity index (χ1v) is 5.38. The van der Waals surface area contributed by atoms with Crippen LogP contribution in [0.4, 0.5) is 0 Å². The minimum atomic E-state index is -0.262. The minimum Gasteiger partial charge on any atom is -0.462 e. The molecule has 0 aromatic heterocycles. The molecule has 1 aromatic carbocycles. The summed E-state index contributed by atoms with van der Waals surface area (Å²) in [6.45, 7) is 4.39. The Morgan fingerprint density at radius 2 is 2.21 bits per heavy atom. The highest BCUT2D eigenvalue weighted by Gasteiger charge is 2.11. The van der Waals surface area contributed by atoms with E-state index in [1.54, 1.807) is 6.07 Å². The normalized spacial score (nSPS) is 9.93. The molecule has 0 saturated heterocycles. The number of carbonyl (C=O) groups is 1. The molecule has 0 aliphatic rings. The van der Waals surface area contributed by atoms with Gasteiger partial charge in [0.15, 0.2) is 0 Å². The summed E-state index contributed by atoms with van der Waals surface area (Å²) in [6, 6.07) is 5.55. The topological polar surface area (TPSA) is 26.3 Å². The molecule has 0 amide bonds. The summed E-state index contributed by atoms with van der Waals surface area (Å²) < 4.78 is 5.86. The van der Waals surface area contributed by atoms with Crippen LogP contribution in [0.1, 0.15) is 29.3 Å². The zero-order chi connectivity index (χ0) is 10.6. The summed E-state index contributed by atoms with van der Waals surface area (Å²) in [7, 11) is 0. The number of ether oxygens (including phenoxy) is 1. The molecule has 0 atom stereocenters. The number of carbonyl (C=O) groups excluding carboxylic acids is 1. The molecular weight excluding hydrogens is 244 g/mol. The molecule has 0 fully saturated rings. The minimum absolute atomic E-state index is 0.262. The van der Waals surface area contributed by atoms with E-state index in [0.29, 0.717) is 12.2 Å². The van der Waals surface area contributed by atoms with Crippen LogP contribution in [-0.4, -0.2) is 12.6 Å². The molecule has 3 heteroatoms. The molecule has 0 aliphatic heterocycles. The third-order valence-electron chi connectivity index (χ3n) is 1.85. The van der Waals surface area contributed by atoms with Crippen LogP contribution in [0.3, 0.4) is 0 Å². The van der Waals surface area contributed by atoms with Crippen molar-refractivity contribution < 1.29 is 9.53 Å². The number of rotatable bonds is 3. The van der Waals surface area contributed by atoms with Crippen LogP contribution in [0.2, 0.25) is 0 Å². The summed E-state index contributed by atoms with van der Waals surface area (Å²) in [6.07, 6.45) is 0.842. The predicted molar refractivity (Wildman–Crippen MR) is 59.5 cm³/mol. The maximum Gasteiger partial charge on any atom is 0.339 e. The monoisotopic (exact) mass is 256 g/mol. The van der Waals surface area contributed by atoms with Gasteiger partial charge in [0.05, 0.1) is 12.2 Å². The van der Waals surface area contributed by atoms with Gasteiger partial charge in [0, 0.05) is 4.47 Å². The average molecular weight is 257 g/mol. The van der Waals surface area contributed by atoms with Crippen molar-refractivity contribution in [1.29, 1.82) is 0 Å². The Balaban J connectivity index is 2.84. The number of esters is 1. The second-order valence-corrected chi connectivity index (χ2v) is 3.87. The molecule has 0 aliphatic carbocycles. The predicted octanol–water partition coefficient (Wildman–Crippen LogP) is 3.32. The van der Waals surface area contributed by atoms with E-state index in [4.69, 9.17) is 4.74 Å². The highest BCUT2D eigenvalue weighted by Crippen LogP contribution is 2.21. The van der Waals surface area contributed by atoms with Crippen molar-refractivity contribution in [2.24, 2.45) is 0 Å². The average Bonchev–Trinajstić information content (AvgIpc) is 2.18. The van der Waals surface area contributed by atoms with E-state index in [-0.39, 0.29) is 5.97 Å². The molecule has 0 unspecified atom stereocenters. The van der Waals surface area contributed by atoms with Crippen LogP contribution in [0, 0.1) is 6.92 Å². The second kappa shape index (κ2) is 5.15. The van der Waals surface area contributed by atoms with E-state index in [9.17, 15) is 4.79 Å². The van der Waals surface area contributed by atoms with Gasteiger partial charge in [0.1, 0.15) is 0 Å². The molecule has 1 rings (SSSR count). The van der Waals surface area contributed by atoms with E-state index in [1.165, 1.54) is 0 Å². The van der Waals surface area contributed by atoms with Gasteiger partial charge in [-0.05, 0) is 40.9 Å². The Hall–Kier alpha value is -0.830. The summed E-state index contributed by atoms with van der Waals surface area (Å²) in [5.74, 6) is -0.262. The van der Waals surface area contributed by atoms with Crippen LogP contribution >= 0.6 is 15.9 Å². The van der Waals surface area contributed by atoms with Gasteiger partial charge in [-0.1, -0.05) is 19.1 Å². The number of hydrogen-bond acceptors (Lipinski definition) is 2. The molecule has 0 bridgehead atoms. The van der Waals surface area contributed by atoms with E-state index in [1.807, 2.05) is 26.0 Å². The first-order chi connectivity index (χ1) is 6.66. The lowest BCUT2D eigenvalue weighted by Crippen LogP contribution is -2.07. The van der Waals surface area contributed by atoms with Crippen LogP contribution in [0.5, 0.6) is 0 Å². The lowest BCUT2D eigenvalue weighted by Gasteiger charge is -2.06. The molecule has 0 radical (unpaired) electrons. The summed E-state index contributed by atoms with van der Waals surface area (Å²) in [5, 5.41) is 0. The zero-order valence-electron chi connectivity index (χ0n) is 8.34. The van der Waals surface area contributed by atoms with Gasteiger partial charge < -0.3 is 4.74 Å². The van der Waals surface area contributed by atoms with Crippen LogP contribution in [-0.2, 0) is 4.74 Å². The third kappa shape index (κ3) is 2.58.